The number of rotatable bonds is 9. The molecule has 0 bridgehead atoms. The van der Waals surface area contributed by atoms with Crippen LogP contribution in [-0.4, -0.2) is 33.5 Å². The van der Waals surface area contributed by atoms with Crippen molar-refractivity contribution in [2.24, 2.45) is 0 Å². The van der Waals surface area contributed by atoms with Gasteiger partial charge in [0.25, 0.3) is 0 Å². The van der Waals surface area contributed by atoms with Crippen LogP contribution >= 0.6 is 11.8 Å². The Kier molecular flexibility index (Phi) is 7.29. The molecule has 0 aliphatic rings. The van der Waals surface area contributed by atoms with E-state index in [4.69, 9.17) is 9.47 Å². The predicted molar refractivity (Wildman–Crippen MR) is 113 cm³/mol. The van der Waals surface area contributed by atoms with Crippen molar-refractivity contribution in [3.05, 3.63) is 60.2 Å². The first-order chi connectivity index (χ1) is 14.5. The first-order valence-corrected chi connectivity index (χ1v) is 10.4. The van der Waals surface area contributed by atoms with Gasteiger partial charge >= 0.3 is 0 Å². The van der Waals surface area contributed by atoms with E-state index in [2.05, 4.69) is 15.5 Å². The molecule has 3 rings (SSSR count). The number of nitrogens with zero attached hydrogens (tertiary/aromatic N) is 3. The van der Waals surface area contributed by atoms with Crippen LogP contribution in [0, 0.1) is 5.82 Å². The summed E-state index contributed by atoms with van der Waals surface area (Å²) in [6, 6.07) is 13.0. The van der Waals surface area contributed by atoms with Gasteiger partial charge in [0.2, 0.25) is 5.91 Å². The number of halogens is 1. The molecule has 30 heavy (non-hydrogen) atoms. The first-order valence-electron chi connectivity index (χ1n) is 9.42. The Hall–Kier alpha value is -3.07. The van der Waals surface area contributed by atoms with Crippen molar-refractivity contribution in [2.45, 2.75) is 31.7 Å². The number of hydrogen-bond acceptors (Lipinski definition) is 6. The Bertz CT molecular complexity index is 994. The quantitative estimate of drug-likeness (QED) is 0.510. The smallest absolute Gasteiger partial charge is 0.234 e. The molecule has 2 aromatic carbocycles. The molecular formula is C21H23FN4O3S. The van der Waals surface area contributed by atoms with Gasteiger partial charge in [-0.05, 0) is 50.2 Å². The number of nitrogens with one attached hydrogen (secondary N) is 1. The van der Waals surface area contributed by atoms with Crippen molar-refractivity contribution in [1.29, 1.82) is 0 Å². The Balaban J connectivity index is 1.62. The average Bonchev–Trinajstić information content (AvgIpc) is 3.17. The molecule has 7 nitrogen and oxygen atoms in total. The van der Waals surface area contributed by atoms with Gasteiger partial charge in [-0.15, -0.1) is 10.2 Å². The molecule has 0 saturated carbocycles. The number of benzene rings is 2. The van der Waals surface area contributed by atoms with Crippen LogP contribution in [0.4, 0.5) is 10.1 Å². The molecule has 0 aliphatic carbocycles. The van der Waals surface area contributed by atoms with E-state index in [1.807, 2.05) is 36.6 Å². The molecule has 3 aromatic rings. The zero-order valence-electron chi connectivity index (χ0n) is 17.0. The lowest BCUT2D eigenvalue weighted by Crippen LogP contribution is -2.15. The van der Waals surface area contributed by atoms with E-state index >= 15 is 0 Å². The summed E-state index contributed by atoms with van der Waals surface area (Å²) in [5.74, 6) is 1.64. The molecule has 1 atom stereocenters. The number of aromatic nitrogens is 3. The number of methoxy groups -OCH3 is 1. The third-order valence-electron chi connectivity index (χ3n) is 4.24. The summed E-state index contributed by atoms with van der Waals surface area (Å²) in [6.45, 7) is 4.51. The van der Waals surface area contributed by atoms with E-state index in [1.54, 1.807) is 13.2 Å². The standard InChI is InChI=1S/C21H23FN4O3S/c1-4-26-20(14(2)29-18-7-5-6-17(12-18)28-3)24-25-21(26)30-13-19(27)23-16-10-8-15(22)9-11-16/h5-12,14H,4,13H2,1-3H3,(H,23,27). The van der Waals surface area contributed by atoms with E-state index in [0.29, 0.717) is 34.7 Å². The lowest BCUT2D eigenvalue weighted by molar-refractivity contribution is -0.113. The highest BCUT2D eigenvalue weighted by atomic mass is 32.2. The van der Waals surface area contributed by atoms with Gasteiger partial charge in [-0.2, -0.15) is 0 Å². The maximum Gasteiger partial charge on any atom is 0.234 e. The molecule has 1 N–H and O–H groups in total. The molecule has 9 heteroatoms. The summed E-state index contributed by atoms with van der Waals surface area (Å²) < 4.78 is 26.1. The van der Waals surface area contributed by atoms with Gasteiger partial charge in [-0.3, -0.25) is 4.79 Å². The summed E-state index contributed by atoms with van der Waals surface area (Å²) in [4.78, 5) is 12.2. The van der Waals surface area contributed by atoms with Crippen LogP contribution in [0.3, 0.4) is 0 Å². The lowest BCUT2D eigenvalue weighted by Gasteiger charge is -2.16. The van der Waals surface area contributed by atoms with Crippen LogP contribution < -0.4 is 14.8 Å². The van der Waals surface area contributed by atoms with Crippen molar-refractivity contribution in [2.75, 3.05) is 18.2 Å². The van der Waals surface area contributed by atoms with Crippen LogP contribution in [0.2, 0.25) is 0 Å². The summed E-state index contributed by atoms with van der Waals surface area (Å²) in [7, 11) is 1.60. The van der Waals surface area contributed by atoms with E-state index in [-0.39, 0.29) is 23.6 Å². The van der Waals surface area contributed by atoms with Crippen LogP contribution in [0.15, 0.2) is 53.7 Å². The molecule has 0 aliphatic heterocycles. The zero-order valence-corrected chi connectivity index (χ0v) is 17.8. The van der Waals surface area contributed by atoms with Crippen LogP contribution in [0.1, 0.15) is 25.8 Å². The van der Waals surface area contributed by atoms with Gasteiger partial charge in [0.1, 0.15) is 17.3 Å². The van der Waals surface area contributed by atoms with Crippen LogP contribution in [-0.2, 0) is 11.3 Å². The van der Waals surface area contributed by atoms with E-state index < -0.39 is 0 Å². The van der Waals surface area contributed by atoms with Crippen molar-refractivity contribution < 1.29 is 18.7 Å². The van der Waals surface area contributed by atoms with Crippen LogP contribution in [0.5, 0.6) is 11.5 Å². The molecule has 1 amide bonds. The summed E-state index contributed by atoms with van der Waals surface area (Å²) in [5, 5.41) is 11.8. The first kappa shape index (κ1) is 21.6. The maximum absolute atomic E-state index is 13.0. The Morgan fingerprint density at radius 1 is 1.20 bits per heavy atom. The molecule has 0 fully saturated rings. The molecule has 0 saturated heterocycles. The van der Waals surface area contributed by atoms with Crippen molar-refractivity contribution >= 4 is 23.4 Å². The third kappa shape index (κ3) is 5.50. The fraction of sp³-hybridized carbons (Fsp3) is 0.286. The minimum atomic E-state index is -0.351. The lowest BCUT2D eigenvalue weighted by atomic mass is 10.3. The average molecular weight is 431 g/mol. The van der Waals surface area contributed by atoms with Gasteiger partial charge in [0, 0.05) is 18.3 Å². The number of amides is 1. The van der Waals surface area contributed by atoms with E-state index in [9.17, 15) is 9.18 Å². The predicted octanol–water partition coefficient (Wildman–Crippen LogP) is 4.32. The van der Waals surface area contributed by atoms with Gasteiger partial charge in [0.05, 0.1) is 12.9 Å². The second-order valence-corrected chi connectivity index (χ2v) is 7.31. The number of carbonyl (C=O) groups excluding carboxylic acids is 1. The molecule has 1 aromatic heterocycles. The second kappa shape index (κ2) is 10.1. The molecule has 0 radical (unpaired) electrons. The fourth-order valence-corrected chi connectivity index (χ4v) is 3.61. The number of ether oxygens (including phenoxy) is 2. The SMILES string of the molecule is CCn1c(SCC(=O)Nc2ccc(F)cc2)nnc1C(C)Oc1cccc(OC)c1. The fourth-order valence-electron chi connectivity index (χ4n) is 2.80. The Morgan fingerprint density at radius 3 is 2.63 bits per heavy atom. The summed E-state index contributed by atoms with van der Waals surface area (Å²) in [5.41, 5.74) is 0.542. The Morgan fingerprint density at radius 2 is 1.93 bits per heavy atom. The number of carbonyl (C=O) groups is 1. The summed E-state index contributed by atoms with van der Waals surface area (Å²) in [6.07, 6.45) is -0.341. The maximum atomic E-state index is 13.0. The van der Waals surface area contributed by atoms with Crippen molar-refractivity contribution in [3.63, 3.8) is 0 Å². The van der Waals surface area contributed by atoms with Gasteiger partial charge in [-0.25, -0.2) is 4.39 Å². The molecular weight excluding hydrogens is 407 g/mol. The number of anilines is 1. The van der Waals surface area contributed by atoms with Gasteiger partial charge in [-0.1, -0.05) is 17.8 Å². The summed E-state index contributed by atoms with van der Waals surface area (Å²) >= 11 is 1.28. The second-order valence-electron chi connectivity index (χ2n) is 6.37. The normalized spacial score (nSPS) is 11.7. The number of thioether (sulfide) groups is 1. The molecule has 0 spiro atoms. The minimum absolute atomic E-state index is 0.153. The molecule has 158 valence electrons. The highest BCUT2D eigenvalue weighted by Crippen LogP contribution is 2.26. The molecule has 1 heterocycles. The highest BCUT2D eigenvalue weighted by molar-refractivity contribution is 7.99. The van der Waals surface area contributed by atoms with Gasteiger partial charge < -0.3 is 19.4 Å². The third-order valence-corrected chi connectivity index (χ3v) is 5.21. The monoisotopic (exact) mass is 430 g/mol. The van der Waals surface area contributed by atoms with Crippen molar-refractivity contribution in [1.82, 2.24) is 14.8 Å². The van der Waals surface area contributed by atoms with Gasteiger partial charge in [0.15, 0.2) is 17.1 Å². The van der Waals surface area contributed by atoms with Crippen molar-refractivity contribution in [3.8, 4) is 11.5 Å². The van der Waals surface area contributed by atoms with E-state index in [0.717, 1.165) is 0 Å². The number of hydrogen-bond donors (Lipinski definition) is 1. The topological polar surface area (TPSA) is 78.3 Å². The molecule has 1 unspecified atom stereocenters. The zero-order chi connectivity index (χ0) is 21.5. The minimum Gasteiger partial charge on any atom is -0.497 e. The Labute approximate surface area is 178 Å². The highest BCUT2D eigenvalue weighted by Gasteiger charge is 2.19. The van der Waals surface area contributed by atoms with E-state index in [1.165, 1.54) is 36.0 Å². The largest absolute Gasteiger partial charge is 0.497 e. The van der Waals surface area contributed by atoms with Crippen LogP contribution in [0.25, 0.3) is 0 Å².